The zero-order valence-corrected chi connectivity index (χ0v) is 14.8. The summed E-state index contributed by atoms with van der Waals surface area (Å²) in [7, 11) is 0. The molecule has 0 aliphatic heterocycles. The van der Waals surface area contributed by atoms with Crippen LogP contribution in [0.1, 0.15) is 38.0 Å². The molecule has 1 N–H and O–H groups in total. The van der Waals surface area contributed by atoms with Crippen molar-refractivity contribution in [3.63, 3.8) is 0 Å². The highest BCUT2D eigenvalue weighted by molar-refractivity contribution is 6.30. The van der Waals surface area contributed by atoms with Crippen molar-refractivity contribution in [2.45, 2.75) is 40.5 Å². The Morgan fingerprint density at radius 3 is 2.74 bits per heavy atom. The van der Waals surface area contributed by atoms with Crippen LogP contribution in [-0.2, 0) is 17.6 Å². The smallest absolute Gasteiger partial charge is 0.216 e. The van der Waals surface area contributed by atoms with E-state index in [4.69, 9.17) is 11.6 Å². The van der Waals surface area contributed by atoms with E-state index in [-0.39, 0.29) is 5.91 Å². The first kappa shape index (κ1) is 17.5. The van der Waals surface area contributed by atoms with Crippen LogP contribution in [0.3, 0.4) is 0 Å². The number of benzene rings is 1. The molecule has 0 saturated heterocycles. The number of carbonyl (C=O) groups excluding carboxylic acids is 1. The minimum absolute atomic E-state index is 0.0406. The van der Waals surface area contributed by atoms with Crippen molar-refractivity contribution < 1.29 is 4.79 Å². The SMILES string of the molecule is CC(=O)NCCc1nc(CC(C)C)nn1-c1ccc(Cl)cc1C. The summed E-state index contributed by atoms with van der Waals surface area (Å²) in [5.74, 6) is 2.12. The van der Waals surface area contributed by atoms with Crippen molar-refractivity contribution in [1.82, 2.24) is 20.1 Å². The predicted octanol–water partition coefficient (Wildman–Crippen LogP) is 3.11. The average Bonchev–Trinajstić information content (AvgIpc) is 2.80. The second-order valence-electron chi connectivity index (χ2n) is 6.12. The topological polar surface area (TPSA) is 59.8 Å². The highest BCUT2D eigenvalue weighted by Gasteiger charge is 2.14. The maximum absolute atomic E-state index is 11.1. The molecular formula is C17H23ClN4O. The maximum Gasteiger partial charge on any atom is 0.216 e. The lowest BCUT2D eigenvalue weighted by Gasteiger charge is -2.09. The molecule has 6 heteroatoms. The fourth-order valence-electron chi connectivity index (χ4n) is 2.41. The van der Waals surface area contributed by atoms with E-state index in [9.17, 15) is 4.79 Å². The molecule has 5 nitrogen and oxygen atoms in total. The number of carbonyl (C=O) groups is 1. The van der Waals surface area contributed by atoms with Crippen molar-refractivity contribution in [3.05, 3.63) is 40.4 Å². The summed E-state index contributed by atoms with van der Waals surface area (Å²) in [6, 6.07) is 5.72. The molecule has 1 amide bonds. The summed E-state index contributed by atoms with van der Waals surface area (Å²) in [4.78, 5) is 15.7. The van der Waals surface area contributed by atoms with Crippen LogP contribution in [0.2, 0.25) is 5.02 Å². The van der Waals surface area contributed by atoms with Gasteiger partial charge in [0.1, 0.15) is 5.82 Å². The fourth-order valence-corrected chi connectivity index (χ4v) is 2.63. The Hall–Kier alpha value is -1.88. The lowest BCUT2D eigenvalue weighted by atomic mass is 10.1. The first-order chi connectivity index (χ1) is 10.9. The van der Waals surface area contributed by atoms with Crippen LogP contribution < -0.4 is 5.32 Å². The molecule has 2 aromatic rings. The standard InChI is InChI=1S/C17H23ClN4O/c1-11(2)9-16-20-17(7-8-19-13(4)23)22(21-16)15-6-5-14(18)10-12(15)3/h5-6,10-11H,7-9H2,1-4H3,(H,19,23). The number of rotatable bonds is 6. The molecule has 23 heavy (non-hydrogen) atoms. The third-order valence-corrected chi connectivity index (χ3v) is 3.65. The van der Waals surface area contributed by atoms with Gasteiger partial charge in [0, 0.05) is 31.3 Å². The molecule has 0 atom stereocenters. The minimum atomic E-state index is -0.0406. The van der Waals surface area contributed by atoms with Gasteiger partial charge in [0.05, 0.1) is 5.69 Å². The summed E-state index contributed by atoms with van der Waals surface area (Å²) in [5, 5.41) is 8.17. The zero-order valence-electron chi connectivity index (χ0n) is 14.1. The highest BCUT2D eigenvalue weighted by Crippen LogP contribution is 2.20. The molecule has 2 rings (SSSR count). The van der Waals surface area contributed by atoms with Crippen LogP contribution in [0.15, 0.2) is 18.2 Å². The van der Waals surface area contributed by atoms with Gasteiger partial charge in [-0.25, -0.2) is 9.67 Å². The van der Waals surface area contributed by atoms with Gasteiger partial charge in [0.15, 0.2) is 5.82 Å². The van der Waals surface area contributed by atoms with Gasteiger partial charge in [-0.3, -0.25) is 4.79 Å². The number of halogens is 1. The first-order valence-corrected chi connectivity index (χ1v) is 8.20. The van der Waals surface area contributed by atoms with Gasteiger partial charge in [-0.05, 0) is 36.6 Å². The van der Waals surface area contributed by atoms with Crippen LogP contribution in [-0.4, -0.2) is 27.2 Å². The Labute approximate surface area is 142 Å². The number of nitrogens with zero attached hydrogens (tertiary/aromatic N) is 3. The largest absolute Gasteiger partial charge is 0.356 e. The molecule has 0 saturated carbocycles. The highest BCUT2D eigenvalue weighted by atomic mass is 35.5. The van der Waals surface area contributed by atoms with Crippen LogP contribution >= 0.6 is 11.6 Å². The summed E-state index contributed by atoms with van der Waals surface area (Å²) < 4.78 is 1.87. The van der Waals surface area contributed by atoms with E-state index >= 15 is 0 Å². The van der Waals surface area contributed by atoms with Gasteiger partial charge >= 0.3 is 0 Å². The number of aryl methyl sites for hydroxylation is 1. The average molecular weight is 335 g/mol. The molecule has 0 spiro atoms. The van der Waals surface area contributed by atoms with Crippen molar-refractivity contribution >= 4 is 17.5 Å². The Bertz CT molecular complexity index is 694. The van der Waals surface area contributed by atoms with Crippen LogP contribution in [0.4, 0.5) is 0 Å². The monoisotopic (exact) mass is 334 g/mol. The van der Waals surface area contributed by atoms with E-state index in [0.29, 0.717) is 23.9 Å². The van der Waals surface area contributed by atoms with Crippen LogP contribution in [0.25, 0.3) is 5.69 Å². The third kappa shape index (κ3) is 4.79. The molecule has 1 aromatic carbocycles. The Kier molecular flexibility index (Phi) is 5.77. The molecule has 1 heterocycles. The quantitative estimate of drug-likeness (QED) is 0.883. The van der Waals surface area contributed by atoms with Crippen molar-refractivity contribution in [1.29, 1.82) is 0 Å². The van der Waals surface area contributed by atoms with Crippen molar-refractivity contribution in [3.8, 4) is 5.69 Å². The van der Waals surface area contributed by atoms with E-state index in [1.807, 2.05) is 29.8 Å². The van der Waals surface area contributed by atoms with Crippen molar-refractivity contribution in [2.75, 3.05) is 6.54 Å². The molecule has 0 radical (unpaired) electrons. The second kappa shape index (κ2) is 7.59. The normalized spacial score (nSPS) is 11.0. The fraction of sp³-hybridized carbons (Fsp3) is 0.471. The number of hydrogen-bond donors (Lipinski definition) is 1. The molecule has 0 aliphatic rings. The molecule has 1 aromatic heterocycles. The van der Waals surface area contributed by atoms with Gasteiger partial charge in [0.2, 0.25) is 5.91 Å². The Morgan fingerprint density at radius 1 is 1.39 bits per heavy atom. The lowest BCUT2D eigenvalue weighted by Crippen LogP contribution is -2.23. The van der Waals surface area contributed by atoms with E-state index in [1.165, 1.54) is 6.92 Å². The third-order valence-electron chi connectivity index (χ3n) is 3.42. The van der Waals surface area contributed by atoms with E-state index in [1.54, 1.807) is 0 Å². The van der Waals surface area contributed by atoms with Gasteiger partial charge in [-0.2, -0.15) is 5.10 Å². The molecule has 124 valence electrons. The van der Waals surface area contributed by atoms with E-state index < -0.39 is 0 Å². The van der Waals surface area contributed by atoms with Gasteiger partial charge in [-0.1, -0.05) is 25.4 Å². The number of nitrogens with one attached hydrogen (secondary N) is 1. The maximum atomic E-state index is 11.1. The second-order valence-corrected chi connectivity index (χ2v) is 6.55. The summed E-state index contributed by atoms with van der Waals surface area (Å²) in [6.07, 6.45) is 1.46. The lowest BCUT2D eigenvalue weighted by molar-refractivity contribution is -0.118. The van der Waals surface area contributed by atoms with E-state index in [0.717, 1.165) is 29.3 Å². The molecule has 0 fully saturated rings. The molecule has 0 bridgehead atoms. The zero-order chi connectivity index (χ0) is 17.0. The molecular weight excluding hydrogens is 312 g/mol. The first-order valence-electron chi connectivity index (χ1n) is 7.82. The van der Waals surface area contributed by atoms with Crippen LogP contribution in [0.5, 0.6) is 0 Å². The summed E-state index contributed by atoms with van der Waals surface area (Å²) in [5.41, 5.74) is 2.01. The number of amides is 1. The van der Waals surface area contributed by atoms with Crippen molar-refractivity contribution in [2.24, 2.45) is 5.92 Å². The van der Waals surface area contributed by atoms with Gasteiger partial charge in [-0.15, -0.1) is 0 Å². The molecule has 0 unspecified atom stereocenters. The number of aromatic nitrogens is 3. The summed E-state index contributed by atoms with van der Waals surface area (Å²) >= 11 is 6.04. The van der Waals surface area contributed by atoms with Gasteiger partial charge < -0.3 is 5.32 Å². The summed E-state index contributed by atoms with van der Waals surface area (Å²) in [6.45, 7) is 8.35. The predicted molar refractivity (Wildman–Crippen MR) is 92.0 cm³/mol. The Balaban J connectivity index is 2.34. The minimum Gasteiger partial charge on any atom is -0.356 e. The van der Waals surface area contributed by atoms with Gasteiger partial charge in [0.25, 0.3) is 0 Å². The van der Waals surface area contributed by atoms with E-state index in [2.05, 4.69) is 29.2 Å². The number of hydrogen-bond acceptors (Lipinski definition) is 3. The van der Waals surface area contributed by atoms with Crippen LogP contribution in [0, 0.1) is 12.8 Å². The Morgan fingerprint density at radius 2 is 2.13 bits per heavy atom. The molecule has 0 aliphatic carbocycles.